The van der Waals surface area contributed by atoms with Crippen molar-refractivity contribution in [2.45, 2.75) is 6.42 Å². The Hall–Kier alpha value is -3.16. The minimum absolute atomic E-state index is 0.0486. The van der Waals surface area contributed by atoms with E-state index in [0.717, 1.165) is 34.0 Å². The van der Waals surface area contributed by atoms with Gasteiger partial charge in [0.1, 0.15) is 0 Å². The highest BCUT2D eigenvalue weighted by atomic mass is 32.1. The number of benzene rings is 3. The SMILES string of the molecule is COc1cc2nc(N(CCCN(C)C)C(=O)c3ccc4ccccc4c3)sc2cc1OC. The van der Waals surface area contributed by atoms with Gasteiger partial charge in [0.15, 0.2) is 16.6 Å². The Kier molecular flexibility index (Phi) is 6.58. The van der Waals surface area contributed by atoms with Crippen molar-refractivity contribution in [3.63, 3.8) is 0 Å². The number of hydrogen-bond donors (Lipinski definition) is 0. The summed E-state index contributed by atoms with van der Waals surface area (Å²) >= 11 is 1.48. The van der Waals surface area contributed by atoms with Crippen LogP contribution in [0.1, 0.15) is 16.8 Å². The molecule has 0 aliphatic heterocycles. The Bertz CT molecular complexity index is 1210. The number of aromatic nitrogens is 1. The number of anilines is 1. The highest BCUT2D eigenvalue weighted by molar-refractivity contribution is 7.22. The maximum absolute atomic E-state index is 13.6. The standard InChI is InChI=1S/C25H27N3O3S/c1-27(2)12-7-13-28(24(29)19-11-10-17-8-5-6-9-18(17)14-19)25-26-20-15-21(30-3)22(31-4)16-23(20)32-25/h5-6,8-11,14-16H,7,12-13H2,1-4H3. The van der Waals surface area contributed by atoms with Crippen LogP contribution in [0, 0.1) is 0 Å². The zero-order valence-electron chi connectivity index (χ0n) is 18.8. The molecule has 0 bridgehead atoms. The third-order valence-corrected chi connectivity index (χ3v) is 6.38. The summed E-state index contributed by atoms with van der Waals surface area (Å²) in [5.41, 5.74) is 1.44. The van der Waals surface area contributed by atoms with E-state index in [4.69, 9.17) is 14.5 Å². The van der Waals surface area contributed by atoms with Gasteiger partial charge in [-0.2, -0.15) is 0 Å². The molecule has 3 aromatic carbocycles. The van der Waals surface area contributed by atoms with Crippen LogP contribution in [0.3, 0.4) is 0 Å². The number of ether oxygens (including phenoxy) is 2. The van der Waals surface area contributed by atoms with Crippen LogP contribution in [0.2, 0.25) is 0 Å². The van der Waals surface area contributed by atoms with Crippen LogP contribution in [0.4, 0.5) is 5.13 Å². The minimum Gasteiger partial charge on any atom is -0.493 e. The van der Waals surface area contributed by atoms with Crippen LogP contribution in [0.5, 0.6) is 11.5 Å². The molecule has 0 N–H and O–H groups in total. The summed E-state index contributed by atoms with van der Waals surface area (Å²) in [6, 6.07) is 17.7. The lowest BCUT2D eigenvalue weighted by Crippen LogP contribution is -2.33. The number of thiazole rings is 1. The normalized spacial score (nSPS) is 11.3. The first-order valence-electron chi connectivity index (χ1n) is 10.5. The second kappa shape index (κ2) is 9.54. The van der Waals surface area contributed by atoms with Crippen molar-refractivity contribution in [2.24, 2.45) is 0 Å². The summed E-state index contributed by atoms with van der Waals surface area (Å²) in [5.74, 6) is 1.22. The van der Waals surface area contributed by atoms with Gasteiger partial charge in [-0.25, -0.2) is 4.98 Å². The van der Waals surface area contributed by atoms with E-state index in [9.17, 15) is 4.79 Å². The van der Waals surface area contributed by atoms with Gasteiger partial charge in [-0.05, 0) is 50.0 Å². The minimum atomic E-state index is -0.0486. The molecule has 0 saturated heterocycles. The number of hydrogen-bond acceptors (Lipinski definition) is 6. The largest absolute Gasteiger partial charge is 0.493 e. The number of amides is 1. The topological polar surface area (TPSA) is 54.9 Å². The molecule has 1 aromatic heterocycles. The van der Waals surface area contributed by atoms with E-state index in [2.05, 4.69) is 4.90 Å². The molecule has 0 saturated carbocycles. The molecule has 32 heavy (non-hydrogen) atoms. The van der Waals surface area contributed by atoms with Gasteiger partial charge in [0, 0.05) is 24.2 Å². The van der Waals surface area contributed by atoms with Crippen molar-refractivity contribution in [2.75, 3.05) is 46.3 Å². The molecule has 6 nitrogen and oxygen atoms in total. The first-order chi connectivity index (χ1) is 15.5. The van der Waals surface area contributed by atoms with Gasteiger partial charge in [0.2, 0.25) is 0 Å². The summed E-state index contributed by atoms with van der Waals surface area (Å²) < 4.78 is 11.8. The number of carbonyl (C=O) groups is 1. The van der Waals surface area contributed by atoms with E-state index >= 15 is 0 Å². The average molecular weight is 450 g/mol. The van der Waals surface area contributed by atoms with Gasteiger partial charge in [0.05, 0.1) is 24.4 Å². The van der Waals surface area contributed by atoms with Crippen LogP contribution in [0.25, 0.3) is 21.0 Å². The molecular formula is C25H27N3O3S. The van der Waals surface area contributed by atoms with Crippen LogP contribution >= 0.6 is 11.3 Å². The van der Waals surface area contributed by atoms with E-state index in [0.29, 0.717) is 28.7 Å². The van der Waals surface area contributed by atoms with Crippen LogP contribution in [0.15, 0.2) is 54.6 Å². The Morgan fingerprint density at radius 1 is 0.938 bits per heavy atom. The van der Waals surface area contributed by atoms with Crippen molar-refractivity contribution < 1.29 is 14.3 Å². The molecule has 1 amide bonds. The second-order valence-corrected chi connectivity index (χ2v) is 8.86. The second-order valence-electron chi connectivity index (χ2n) is 7.85. The first kappa shape index (κ1) is 22.0. The Balaban J connectivity index is 1.72. The summed E-state index contributed by atoms with van der Waals surface area (Å²) in [4.78, 5) is 22.3. The zero-order valence-corrected chi connectivity index (χ0v) is 19.6. The van der Waals surface area contributed by atoms with Crippen molar-refractivity contribution >= 4 is 43.4 Å². The molecule has 0 aliphatic carbocycles. The lowest BCUT2D eigenvalue weighted by atomic mass is 10.1. The quantitative estimate of drug-likeness (QED) is 0.376. The number of nitrogens with zero attached hydrogens (tertiary/aromatic N) is 3. The van der Waals surface area contributed by atoms with Crippen molar-refractivity contribution in [1.29, 1.82) is 0 Å². The summed E-state index contributed by atoms with van der Waals surface area (Å²) in [5, 5.41) is 2.83. The molecule has 0 aliphatic rings. The van der Waals surface area contributed by atoms with Crippen LogP contribution in [-0.4, -0.2) is 57.2 Å². The maximum atomic E-state index is 13.6. The average Bonchev–Trinajstić information content (AvgIpc) is 3.22. The fourth-order valence-corrected chi connectivity index (χ4v) is 4.67. The van der Waals surface area contributed by atoms with Gasteiger partial charge < -0.3 is 14.4 Å². The number of fused-ring (bicyclic) bond motifs is 2. The van der Waals surface area contributed by atoms with Gasteiger partial charge in [-0.3, -0.25) is 9.69 Å². The summed E-state index contributed by atoms with van der Waals surface area (Å²) in [6.45, 7) is 1.46. The predicted molar refractivity (Wildman–Crippen MR) is 132 cm³/mol. The van der Waals surface area contributed by atoms with Gasteiger partial charge >= 0.3 is 0 Å². The molecule has 0 spiro atoms. The first-order valence-corrected chi connectivity index (χ1v) is 11.3. The van der Waals surface area contributed by atoms with Gasteiger partial charge in [-0.15, -0.1) is 0 Å². The third-order valence-electron chi connectivity index (χ3n) is 5.34. The van der Waals surface area contributed by atoms with Gasteiger partial charge in [-0.1, -0.05) is 41.7 Å². The number of rotatable bonds is 8. The fraction of sp³-hybridized carbons (Fsp3) is 0.280. The van der Waals surface area contributed by atoms with Crippen molar-refractivity contribution in [3.05, 3.63) is 60.2 Å². The lowest BCUT2D eigenvalue weighted by Gasteiger charge is -2.21. The van der Waals surface area contributed by atoms with Gasteiger partial charge in [0.25, 0.3) is 5.91 Å². The van der Waals surface area contributed by atoms with E-state index in [1.807, 2.05) is 68.7 Å². The third kappa shape index (κ3) is 4.54. The molecule has 4 rings (SSSR count). The molecule has 0 radical (unpaired) electrons. The van der Waals surface area contributed by atoms with E-state index < -0.39 is 0 Å². The molecule has 1 heterocycles. The maximum Gasteiger partial charge on any atom is 0.260 e. The smallest absolute Gasteiger partial charge is 0.260 e. The molecule has 166 valence electrons. The molecular weight excluding hydrogens is 422 g/mol. The van der Waals surface area contributed by atoms with E-state index in [-0.39, 0.29) is 5.91 Å². The molecule has 0 unspecified atom stereocenters. The molecule has 0 atom stereocenters. The van der Waals surface area contributed by atoms with Crippen molar-refractivity contribution in [1.82, 2.24) is 9.88 Å². The monoisotopic (exact) mass is 449 g/mol. The Morgan fingerprint density at radius 2 is 1.66 bits per heavy atom. The molecule has 4 aromatic rings. The summed E-state index contributed by atoms with van der Waals surface area (Å²) in [6.07, 6.45) is 0.842. The van der Waals surface area contributed by atoms with E-state index in [1.165, 1.54) is 11.3 Å². The highest BCUT2D eigenvalue weighted by Gasteiger charge is 2.22. The number of methoxy groups -OCH3 is 2. The zero-order chi connectivity index (χ0) is 22.7. The van der Waals surface area contributed by atoms with Crippen LogP contribution in [-0.2, 0) is 0 Å². The molecule has 7 heteroatoms. The number of carbonyl (C=O) groups excluding carboxylic acids is 1. The Morgan fingerprint density at radius 3 is 2.38 bits per heavy atom. The van der Waals surface area contributed by atoms with Crippen LogP contribution < -0.4 is 14.4 Å². The fourth-order valence-electron chi connectivity index (χ4n) is 3.67. The Labute approximate surface area is 192 Å². The predicted octanol–water partition coefficient (Wildman–Crippen LogP) is 5.07. The lowest BCUT2D eigenvalue weighted by molar-refractivity contribution is 0.0986. The van der Waals surface area contributed by atoms with Crippen molar-refractivity contribution in [3.8, 4) is 11.5 Å². The summed E-state index contributed by atoms with van der Waals surface area (Å²) in [7, 11) is 7.29. The molecule has 0 fully saturated rings. The highest BCUT2D eigenvalue weighted by Crippen LogP contribution is 2.37. The van der Waals surface area contributed by atoms with E-state index in [1.54, 1.807) is 19.1 Å².